The van der Waals surface area contributed by atoms with Gasteiger partial charge < -0.3 is 9.52 Å². The third-order valence-corrected chi connectivity index (χ3v) is 3.43. The van der Waals surface area contributed by atoms with Crippen LogP contribution in [0.4, 0.5) is 0 Å². The summed E-state index contributed by atoms with van der Waals surface area (Å²) >= 11 is 0. The van der Waals surface area contributed by atoms with Gasteiger partial charge in [-0.1, -0.05) is 13.0 Å². The first-order valence-electron chi connectivity index (χ1n) is 6.24. The minimum atomic E-state index is -0.911. The molecule has 0 saturated heterocycles. The summed E-state index contributed by atoms with van der Waals surface area (Å²) in [5, 5.41) is 9.46. The maximum absolute atomic E-state index is 12.2. The third kappa shape index (κ3) is 2.26. The number of fused-ring (bicyclic) bond motifs is 1. The van der Waals surface area contributed by atoms with Crippen LogP contribution >= 0.6 is 0 Å². The van der Waals surface area contributed by atoms with Crippen LogP contribution in [-0.4, -0.2) is 11.1 Å². The molecule has 1 atom stereocenters. The molecule has 0 aliphatic rings. The molecule has 1 N–H and O–H groups in total. The van der Waals surface area contributed by atoms with E-state index < -0.39 is 11.9 Å². The van der Waals surface area contributed by atoms with Crippen LogP contribution < -0.4 is 5.43 Å². The zero-order valence-electron chi connectivity index (χ0n) is 11.2. The first-order chi connectivity index (χ1) is 8.95. The summed E-state index contributed by atoms with van der Waals surface area (Å²) in [6.07, 6.45) is 0.657. The molecule has 2 rings (SSSR count). The van der Waals surface area contributed by atoms with Crippen molar-refractivity contribution in [2.24, 2.45) is 0 Å². The van der Waals surface area contributed by atoms with Gasteiger partial charge in [0.15, 0.2) is 5.43 Å². The Morgan fingerprint density at radius 3 is 2.68 bits per heavy atom. The molecule has 1 unspecified atom stereocenters. The molecule has 0 bridgehead atoms. The highest BCUT2D eigenvalue weighted by Crippen LogP contribution is 2.22. The van der Waals surface area contributed by atoms with Crippen molar-refractivity contribution in [3.8, 4) is 0 Å². The second-order valence-electron chi connectivity index (χ2n) is 4.65. The number of aliphatic carboxylic acids is 1. The number of aryl methyl sites for hydroxylation is 1. The van der Waals surface area contributed by atoms with Gasteiger partial charge in [0.2, 0.25) is 0 Å². The Balaban J connectivity index is 2.70. The Bertz CT molecular complexity index is 697. The van der Waals surface area contributed by atoms with Gasteiger partial charge in [-0.15, -0.1) is 0 Å². The van der Waals surface area contributed by atoms with Crippen LogP contribution in [0.2, 0.25) is 0 Å². The zero-order valence-corrected chi connectivity index (χ0v) is 11.2. The van der Waals surface area contributed by atoms with Crippen LogP contribution in [0.15, 0.2) is 27.4 Å². The normalized spacial score (nSPS) is 12.6. The minimum Gasteiger partial charge on any atom is -0.481 e. The fraction of sp³-hybridized carbons (Fsp3) is 0.333. The van der Waals surface area contributed by atoms with Crippen LogP contribution in [0.5, 0.6) is 0 Å². The fourth-order valence-electron chi connectivity index (χ4n) is 2.10. The Hall–Kier alpha value is -2.10. The van der Waals surface area contributed by atoms with E-state index in [-0.39, 0.29) is 5.43 Å². The monoisotopic (exact) mass is 260 g/mol. The zero-order chi connectivity index (χ0) is 14.2. The van der Waals surface area contributed by atoms with Crippen LogP contribution in [0, 0.1) is 6.92 Å². The van der Waals surface area contributed by atoms with Gasteiger partial charge in [0, 0.05) is 12.0 Å². The van der Waals surface area contributed by atoms with Gasteiger partial charge in [-0.2, -0.15) is 0 Å². The van der Waals surface area contributed by atoms with E-state index in [1.807, 2.05) is 6.92 Å². The average Bonchev–Trinajstić information content (AvgIpc) is 2.41. The average molecular weight is 260 g/mol. The minimum absolute atomic E-state index is 0.0856. The summed E-state index contributed by atoms with van der Waals surface area (Å²) in [6.45, 7) is 5.26. The first kappa shape index (κ1) is 13.3. The van der Waals surface area contributed by atoms with E-state index in [1.165, 1.54) is 0 Å². The van der Waals surface area contributed by atoms with Crippen molar-refractivity contribution in [3.63, 3.8) is 0 Å². The molecule has 1 heterocycles. The van der Waals surface area contributed by atoms with Crippen molar-refractivity contribution in [2.45, 2.75) is 33.1 Å². The number of hydrogen-bond acceptors (Lipinski definition) is 3. The number of hydrogen-bond donors (Lipinski definition) is 1. The quantitative estimate of drug-likeness (QED) is 0.921. The van der Waals surface area contributed by atoms with E-state index in [0.717, 1.165) is 0 Å². The lowest BCUT2D eigenvalue weighted by Gasteiger charge is -2.09. The van der Waals surface area contributed by atoms with Gasteiger partial charge in [-0.05, 0) is 31.5 Å². The molecule has 1 aromatic heterocycles. The highest BCUT2D eigenvalue weighted by Gasteiger charge is 2.16. The molecule has 4 heteroatoms. The summed E-state index contributed by atoms with van der Waals surface area (Å²) in [6, 6.07) is 4.98. The number of rotatable bonds is 3. The second kappa shape index (κ2) is 4.88. The Morgan fingerprint density at radius 1 is 1.42 bits per heavy atom. The molecule has 0 saturated carbocycles. The molecule has 0 spiro atoms. The molecule has 19 heavy (non-hydrogen) atoms. The van der Waals surface area contributed by atoms with Crippen molar-refractivity contribution in [2.75, 3.05) is 0 Å². The van der Waals surface area contributed by atoms with Gasteiger partial charge in [0.25, 0.3) is 0 Å². The van der Waals surface area contributed by atoms with Crippen LogP contribution in [-0.2, 0) is 11.2 Å². The topological polar surface area (TPSA) is 67.5 Å². The molecular formula is C15H16O4. The molecule has 2 aromatic rings. The number of carbonyl (C=O) groups is 1. The van der Waals surface area contributed by atoms with Gasteiger partial charge in [-0.25, -0.2) is 0 Å². The second-order valence-corrected chi connectivity index (χ2v) is 4.65. The van der Waals surface area contributed by atoms with Crippen molar-refractivity contribution < 1.29 is 14.3 Å². The predicted octanol–water partition coefficient (Wildman–Crippen LogP) is 2.85. The van der Waals surface area contributed by atoms with Gasteiger partial charge >= 0.3 is 5.97 Å². The highest BCUT2D eigenvalue weighted by molar-refractivity contribution is 5.82. The Labute approximate surface area is 110 Å². The molecule has 0 aliphatic carbocycles. The Morgan fingerprint density at radius 2 is 2.11 bits per heavy atom. The maximum atomic E-state index is 12.2. The molecule has 0 fully saturated rings. The molecule has 0 aliphatic heterocycles. The van der Waals surface area contributed by atoms with E-state index in [1.54, 1.807) is 32.0 Å². The van der Waals surface area contributed by atoms with E-state index in [9.17, 15) is 9.59 Å². The molecule has 0 radical (unpaired) electrons. The molecule has 4 nitrogen and oxygen atoms in total. The Kier molecular flexibility index (Phi) is 3.42. The first-order valence-corrected chi connectivity index (χ1v) is 6.24. The predicted molar refractivity (Wildman–Crippen MR) is 72.6 cm³/mol. The van der Waals surface area contributed by atoms with E-state index >= 15 is 0 Å². The number of carboxylic acids is 1. The lowest BCUT2D eigenvalue weighted by atomic mass is 9.99. The van der Waals surface area contributed by atoms with Crippen LogP contribution in [0.25, 0.3) is 11.0 Å². The largest absolute Gasteiger partial charge is 0.481 e. The summed E-state index contributed by atoms with van der Waals surface area (Å²) in [5.74, 6) is -0.878. The lowest BCUT2D eigenvalue weighted by molar-refractivity contribution is -0.138. The van der Waals surface area contributed by atoms with Crippen LogP contribution in [0.3, 0.4) is 0 Å². The summed E-state index contributed by atoms with van der Waals surface area (Å²) in [4.78, 5) is 23.2. The number of benzene rings is 1. The van der Waals surface area contributed by atoms with Gasteiger partial charge in [-0.3, -0.25) is 9.59 Å². The lowest BCUT2D eigenvalue weighted by Crippen LogP contribution is -2.11. The number of carboxylic acid groups (broad SMARTS) is 1. The summed E-state index contributed by atoms with van der Waals surface area (Å²) in [5.41, 5.74) is 1.62. The van der Waals surface area contributed by atoms with Crippen molar-refractivity contribution in [1.82, 2.24) is 0 Å². The highest BCUT2D eigenvalue weighted by atomic mass is 16.4. The molecule has 1 aromatic carbocycles. The van der Waals surface area contributed by atoms with E-state index in [0.29, 0.717) is 34.3 Å². The van der Waals surface area contributed by atoms with Crippen LogP contribution in [0.1, 0.15) is 36.7 Å². The van der Waals surface area contributed by atoms with E-state index in [2.05, 4.69) is 0 Å². The maximum Gasteiger partial charge on any atom is 0.310 e. The van der Waals surface area contributed by atoms with Gasteiger partial charge in [0.1, 0.15) is 11.3 Å². The molecular weight excluding hydrogens is 244 g/mol. The summed E-state index contributed by atoms with van der Waals surface area (Å²) < 4.78 is 5.67. The molecule has 100 valence electrons. The summed E-state index contributed by atoms with van der Waals surface area (Å²) in [7, 11) is 0. The van der Waals surface area contributed by atoms with Crippen molar-refractivity contribution in [1.29, 1.82) is 0 Å². The smallest absolute Gasteiger partial charge is 0.310 e. The molecule has 0 amide bonds. The standard InChI is InChI=1S/C15H16O4/c1-4-12-9(3)14(16)11-7-10(8(2)15(17)18)5-6-13(11)19-12/h5-8H,4H2,1-3H3,(H,17,18). The van der Waals surface area contributed by atoms with Crippen molar-refractivity contribution >= 4 is 16.9 Å². The third-order valence-electron chi connectivity index (χ3n) is 3.43. The van der Waals surface area contributed by atoms with E-state index in [4.69, 9.17) is 9.52 Å². The van der Waals surface area contributed by atoms with Gasteiger partial charge in [0.05, 0.1) is 11.3 Å². The van der Waals surface area contributed by atoms with Crippen molar-refractivity contribution in [3.05, 3.63) is 45.3 Å². The SMILES string of the molecule is CCc1oc2ccc(C(C)C(=O)O)cc2c(=O)c1C. The fourth-order valence-corrected chi connectivity index (χ4v) is 2.10.